The Kier molecular flexibility index (Phi) is 2.63. The number of nitrogen functional groups attached to an aromatic ring is 1. The Morgan fingerprint density at radius 3 is 3.11 bits per heavy atom. The minimum Gasteiger partial charge on any atom is -0.369 e. The van der Waals surface area contributed by atoms with Gasteiger partial charge < -0.3 is 15.6 Å². The number of anilines is 1. The van der Waals surface area contributed by atoms with Crippen molar-refractivity contribution in [1.82, 2.24) is 14.9 Å². The maximum absolute atomic E-state index is 11.2. The van der Waals surface area contributed by atoms with E-state index >= 15 is 0 Å². The van der Waals surface area contributed by atoms with Crippen LogP contribution >= 0.6 is 11.6 Å². The van der Waals surface area contributed by atoms with Crippen LogP contribution in [0.1, 0.15) is 12.8 Å². The molecule has 1 unspecified atom stereocenters. The third kappa shape index (κ3) is 1.80. The molecule has 1 fully saturated rings. The Hall–Kier alpha value is -1.75. The Labute approximate surface area is 109 Å². The van der Waals surface area contributed by atoms with Gasteiger partial charge in [-0.25, -0.2) is 4.98 Å². The van der Waals surface area contributed by atoms with Gasteiger partial charge in [0.1, 0.15) is 0 Å². The first-order chi connectivity index (χ1) is 8.65. The Morgan fingerprint density at radius 1 is 1.56 bits per heavy atom. The summed E-state index contributed by atoms with van der Waals surface area (Å²) < 4.78 is 1.87. The molecule has 0 aliphatic carbocycles. The summed E-state index contributed by atoms with van der Waals surface area (Å²) in [5.41, 5.74) is 7.53. The van der Waals surface area contributed by atoms with Gasteiger partial charge in [-0.15, -0.1) is 0 Å². The summed E-state index contributed by atoms with van der Waals surface area (Å²) in [5.74, 6) is 0.522. The number of carbonyl (C=O) groups is 1. The molecular weight excluding hydrogens is 252 g/mol. The van der Waals surface area contributed by atoms with E-state index in [0.717, 1.165) is 17.5 Å². The first-order valence-electron chi connectivity index (χ1n) is 5.85. The number of nitrogens with two attached hydrogens (primary N) is 1. The number of para-hydroxylation sites is 1. The molecule has 1 aromatic heterocycles. The SMILES string of the molecule is Nc1nc2cccc(Cl)c2n1CC1CCC(=O)N1. The number of imidazole rings is 1. The Bertz CT molecular complexity index is 622. The molecule has 3 N–H and O–H groups in total. The first kappa shape index (κ1) is 11.3. The largest absolute Gasteiger partial charge is 0.369 e. The van der Waals surface area contributed by atoms with Crippen molar-refractivity contribution in [2.24, 2.45) is 0 Å². The zero-order valence-corrected chi connectivity index (χ0v) is 10.4. The van der Waals surface area contributed by atoms with Crippen LogP contribution in [-0.2, 0) is 11.3 Å². The second-order valence-electron chi connectivity index (χ2n) is 4.49. The number of hydrogen-bond donors (Lipinski definition) is 2. The molecule has 0 radical (unpaired) electrons. The standard InChI is InChI=1S/C12H13ClN4O/c13-8-2-1-3-9-11(8)17(12(14)16-9)6-7-4-5-10(18)15-7/h1-3,7H,4-6H2,(H2,14,16)(H,15,18). The van der Waals surface area contributed by atoms with E-state index in [1.165, 1.54) is 0 Å². The molecule has 3 rings (SSSR count). The number of carbonyl (C=O) groups excluding carboxylic acids is 1. The van der Waals surface area contributed by atoms with Gasteiger partial charge in [-0.2, -0.15) is 0 Å². The van der Waals surface area contributed by atoms with Gasteiger partial charge in [-0.05, 0) is 18.6 Å². The van der Waals surface area contributed by atoms with Crippen molar-refractivity contribution < 1.29 is 4.79 Å². The van der Waals surface area contributed by atoms with Crippen LogP contribution < -0.4 is 11.1 Å². The van der Waals surface area contributed by atoms with Gasteiger partial charge in [-0.1, -0.05) is 17.7 Å². The lowest BCUT2D eigenvalue weighted by molar-refractivity contribution is -0.119. The fourth-order valence-corrected chi connectivity index (χ4v) is 2.65. The van der Waals surface area contributed by atoms with E-state index < -0.39 is 0 Å². The molecule has 2 heterocycles. The molecule has 5 nitrogen and oxygen atoms in total. The molecular formula is C12H13ClN4O. The predicted molar refractivity (Wildman–Crippen MR) is 70.3 cm³/mol. The van der Waals surface area contributed by atoms with Gasteiger partial charge >= 0.3 is 0 Å². The summed E-state index contributed by atoms with van der Waals surface area (Å²) in [6, 6.07) is 5.64. The summed E-state index contributed by atoms with van der Waals surface area (Å²) in [7, 11) is 0. The van der Waals surface area contributed by atoms with E-state index in [1.54, 1.807) is 0 Å². The highest BCUT2D eigenvalue weighted by atomic mass is 35.5. The lowest BCUT2D eigenvalue weighted by Gasteiger charge is -2.13. The van der Waals surface area contributed by atoms with Crippen molar-refractivity contribution >= 4 is 34.5 Å². The van der Waals surface area contributed by atoms with E-state index in [4.69, 9.17) is 17.3 Å². The number of hydrogen-bond acceptors (Lipinski definition) is 3. The zero-order chi connectivity index (χ0) is 12.7. The molecule has 0 saturated carbocycles. The molecule has 0 spiro atoms. The summed E-state index contributed by atoms with van der Waals surface area (Å²) in [5, 5.41) is 3.54. The van der Waals surface area contributed by atoms with E-state index in [1.807, 2.05) is 22.8 Å². The quantitative estimate of drug-likeness (QED) is 0.864. The number of halogens is 1. The van der Waals surface area contributed by atoms with E-state index in [2.05, 4.69) is 10.3 Å². The van der Waals surface area contributed by atoms with E-state index in [-0.39, 0.29) is 11.9 Å². The van der Waals surface area contributed by atoms with Gasteiger partial charge in [0, 0.05) is 19.0 Å². The minimum absolute atomic E-state index is 0.0917. The summed E-state index contributed by atoms with van der Waals surface area (Å²) in [6.07, 6.45) is 1.40. The third-order valence-corrected chi connectivity index (χ3v) is 3.54. The summed E-state index contributed by atoms with van der Waals surface area (Å²) in [4.78, 5) is 15.5. The number of benzene rings is 1. The average molecular weight is 265 g/mol. The van der Waals surface area contributed by atoms with Crippen molar-refractivity contribution in [3.8, 4) is 0 Å². The molecule has 0 bridgehead atoms. The van der Waals surface area contributed by atoms with Crippen molar-refractivity contribution in [2.75, 3.05) is 5.73 Å². The Morgan fingerprint density at radius 2 is 2.39 bits per heavy atom. The molecule has 18 heavy (non-hydrogen) atoms. The second kappa shape index (κ2) is 4.17. The fraction of sp³-hybridized carbons (Fsp3) is 0.333. The zero-order valence-electron chi connectivity index (χ0n) is 9.69. The van der Waals surface area contributed by atoms with Crippen LogP contribution in [-0.4, -0.2) is 21.5 Å². The van der Waals surface area contributed by atoms with Gasteiger partial charge in [0.15, 0.2) is 0 Å². The maximum atomic E-state index is 11.2. The lowest BCUT2D eigenvalue weighted by atomic mass is 10.2. The van der Waals surface area contributed by atoms with Crippen LogP contribution in [0.5, 0.6) is 0 Å². The van der Waals surface area contributed by atoms with Crippen LogP contribution in [0.2, 0.25) is 5.02 Å². The van der Waals surface area contributed by atoms with E-state index in [0.29, 0.717) is 23.9 Å². The van der Waals surface area contributed by atoms with Gasteiger partial charge in [0.25, 0.3) is 0 Å². The number of nitrogens with one attached hydrogen (secondary N) is 1. The molecule has 1 aliphatic heterocycles. The minimum atomic E-state index is 0.0917. The molecule has 6 heteroatoms. The highest BCUT2D eigenvalue weighted by Gasteiger charge is 2.23. The molecule has 1 atom stereocenters. The Balaban J connectivity index is 2.00. The monoisotopic (exact) mass is 264 g/mol. The van der Waals surface area contributed by atoms with Crippen molar-refractivity contribution in [2.45, 2.75) is 25.4 Å². The number of nitrogens with zero attached hydrogens (tertiary/aromatic N) is 2. The van der Waals surface area contributed by atoms with Gasteiger partial charge in [-0.3, -0.25) is 4.79 Å². The van der Waals surface area contributed by atoms with Gasteiger partial charge in [0.05, 0.1) is 16.1 Å². The fourth-order valence-electron chi connectivity index (χ4n) is 2.38. The van der Waals surface area contributed by atoms with Crippen LogP contribution in [0.15, 0.2) is 18.2 Å². The van der Waals surface area contributed by atoms with Crippen LogP contribution in [0.3, 0.4) is 0 Å². The smallest absolute Gasteiger partial charge is 0.220 e. The normalized spacial score (nSPS) is 19.4. The van der Waals surface area contributed by atoms with Crippen molar-refractivity contribution in [3.63, 3.8) is 0 Å². The average Bonchev–Trinajstić information content (AvgIpc) is 2.85. The summed E-state index contributed by atoms with van der Waals surface area (Å²) >= 11 is 6.19. The van der Waals surface area contributed by atoms with Crippen LogP contribution in [0, 0.1) is 0 Å². The highest BCUT2D eigenvalue weighted by molar-refractivity contribution is 6.35. The number of amides is 1. The predicted octanol–water partition coefficient (Wildman–Crippen LogP) is 1.55. The lowest BCUT2D eigenvalue weighted by Crippen LogP contribution is -2.30. The molecule has 94 valence electrons. The van der Waals surface area contributed by atoms with Crippen LogP contribution in [0.4, 0.5) is 5.95 Å². The van der Waals surface area contributed by atoms with Crippen molar-refractivity contribution in [1.29, 1.82) is 0 Å². The first-order valence-corrected chi connectivity index (χ1v) is 6.22. The topological polar surface area (TPSA) is 72.9 Å². The highest BCUT2D eigenvalue weighted by Crippen LogP contribution is 2.26. The molecule has 1 saturated heterocycles. The van der Waals surface area contributed by atoms with Gasteiger partial charge in [0.2, 0.25) is 11.9 Å². The third-order valence-electron chi connectivity index (χ3n) is 3.23. The maximum Gasteiger partial charge on any atom is 0.220 e. The molecule has 1 aromatic carbocycles. The second-order valence-corrected chi connectivity index (χ2v) is 4.90. The number of aromatic nitrogens is 2. The molecule has 1 amide bonds. The molecule has 2 aromatic rings. The molecule has 1 aliphatic rings. The summed E-state index contributed by atoms with van der Waals surface area (Å²) in [6.45, 7) is 0.609. The number of fused-ring (bicyclic) bond motifs is 1. The number of rotatable bonds is 2. The van der Waals surface area contributed by atoms with E-state index in [9.17, 15) is 4.79 Å². The van der Waals surface area contributed by atoms with Crippen molar-refractivity contribution in [3.05, 3.63) is 23.2 Å². The van der Waals surface area contributed by atoms with Crippen LogP contribution in [0.25, 0.3) is 11.0 Å².